The van der Waals surface area contributed by atoms with Crippen molar-refractivity contribution in [3.05, 3.63) is 0 Å². The predicted molar refractivity (Wildman–Crippen MR) is 129 cm³/mol. The van der Waals surface area contributed by atoms with Crippen LogP contribution in [-0.4, -0.2) is 39.2 Å². The van der Waals surface area contributed by atoms with Crippen LogP contribution in [0.25, 0.3) is 0 Å². The standard InChI is InChI=1S/2C13H26O2.Pb/c2*1-2-3-4-5-6-7-8-9-10-11-12-13(14)15;/h2*2-12H2,1H3,(H,14,15);/q;;+2/p-2. The number of carbonyl (C=O) groups is 2. The van der Waals surface area contributed by atoms with E-state index < -0.39 is 11.9 Å². The molecule has 0 aliphatic rings. The van der Waals surface area contributed by atoms with E-state index >= 15 is 0 Å². The minimum Gasteiger partial charge on any atom is -0.550 e. The van der Waals surface area contributed by atoms with Gasteiger partial charge in [-0.3, -0.25) is 0 Å². The van der Waals surface area contributed by atoms with Gasteiger partial charge >= 0.3 is 27.3 Å². The van der Waals surface area contributed by atoms with E-state index in [0.29, 0.717) is 0 Å². The average molecular weight is 634 g/mol. The van der Waals surface area contributed by atoms with Crippen LogP contribution in [0, 0.1) is 0 Å². The summed E-state index contributed by atoms with van der Waals surface area (Å²) < 4.78 is 0. The Labute approximate surface area is 213 Å². The van der Waals surface area contributed by atoms with E-state index in [2.05, 4.69) is 13.8 Å². The van der Waals surface area contributed by atoms with Crippen LogP contribution >= 0.6 is 0 Å². The Bertz CT molecular complexity index is 327. The van der Waals surface area contributed by atoms with Crippen LogP contribution in [0.1, 0.15) is 155 Å². The maximum atomic E-state index is 10.1. The van der Waals surface area contributed by atoms with E-state index in [0.717, 1.165) is 25.7 Å². The number of hydrogen-bond donors (Lipinski definition) is 0. The molecule has 0 spiro atoms. The monoisotopic (exact) mass is 634 g/mol. The number of carboxylic acid groups (broad SMARTS) is 2. The predicted octanol–water partition coefficient (Wildman–Crippen LogP) is 5.71. The van der Waals surface area contributed by atoms with Gasteiger partial charge in [0.15, 0.2) is 0 Å². The van der Waals surface area contributed by atoms with Crippen molar-refractivity contribution in [3.63, 3.8) is 0 Å². The van der Waals surface area contributed by atoms with Gasteiger partial charge in [-0.05, 0) is 25.7 Å². The Balaban J connectivity index is -0.000000490. The quantitative estimate of drug-likeness (QED) is 0.113. The Morgan fingerprint density at radius 1 is 0.419 bits per heavy atom. The number of rotatable bonds is 22. The topological polar surface area (TPSA) is 80.3 Å². The number of carboxylic acids is 2. The molecule has 0 saturated heterocycles. The van der Waals surface area contributed by atoms with Gasteiger partial charge in [0, 0.05) is 11.9 Å². The molecule has 0 aliphatic heterocycles. The fourth-order valence-electron chi connectivity index (χ4n) is 3.51. The number of carbonyl (C=O) groups excluding carboxylic acids is 2. The molecule has 0 amide bonds. The molecular weight excluding hydrogens is 583 g/mol. The van der Waals surface area contributed by atoms with Crippen molar-refractivity contribution in [3.8, 4) is 0 Å². The van der Waals surface area contributed by atoms with Crippen molar-refractivity contribution in [2.24, 2.45) is 0 Å². The maximum Gasteiger partial charge on any atom is 2.00 e. The van der Waals surface area contributed by atoms with Gasteiger partial charge in [-0.1, -0.05) is 129 Å². The smallest absolute Gasteiger partial charge is 0.550 e. The van der Waals surface area contributed by atoms with E-state index in [-0.39, 0.29) is 40.1 Å². The Morgan fingerprint density at radius 3 is 0.806 bits per heavy atom. The van der Waals surface area contributed by atoms with Gasteiger partial charge in [0.2, 0.25) is 0 Å². The zero-order valence-corrected chi connectivity index (χ0v) is 24.6. The van der Waals surface area contributed by atoms with Crippen LogP contribution in [0.2, 0.25) is 0 Å². The molecule has 5 heteroatoms. The minimum absolute atomic E-state index is 0. The summed E-state index contributed by atoms with van der Waals surface area (Å²) in [5, 5.41) is 20.2. The SMILES string of the molecule is CCCCCCCCCCCCC(=O)[O-].CCCCCCCCCCCCC(=O)[O-].[Pb+2]. The Kier molecular flexibility index (Phi) is 36.6. The van der Waals surface area contributed by atoms with Crippen LogP contribution in [0.4, 0.5) is 0 Å². The molecule has 0 aromatic rings. The van der Waals surface area contributed by atoms with Crippen molar-refractivity contribution >= 4 is 39.2 Å². The summed E-state index contributed by atoms with van der Waals surface area (Å²) in [4.78, 5) is 20.2. The fraction of sp³-hybridized carbons (Fsp3) is 0.923. The molecule has 0 N–H and O–H groups in total. The molecular formula is C26H50O4Pb. The second kappa shape index (κ2) is 32.0. The molecule has 0 bridgehead atoms. The largest absolute Gasteiger partial charge is 2.00 e. The third-order valence-electron chi connectivity index (χ3n) is 5.47. The van der Waals surface area contributed by atoms with Gasteiger partial charge in [-0.25, -0.2) is 0 Å². The van der Waals surface area contributed by atoms with Gasteiger partial charge in [-0.2, -0.15) is 0 Å². The van der Waals surface area contributed by atoms with Gasteiger partial charge in [0.25, 0.3) is 0 Å². The summed E-state index contributed by atoms with van der Waals surface area (Å²) in [6.45, 7) is 4.47. The molecule has 4 nitrogen and oxygen atoms in total. The van der Waals surface area contributed by atoms with Crippen molar-refractivity contribution in [2.45, 2.75) is 155 Å². The zero-order chi connectivity index (χ0) is 22.7. The zero-order valence-electron chi connectivity index (χ0n) is 20.7. The van der Waals surface area contributed by atoms with Crippen molar-refractivity contribution < 1.29 is 19.8 Å². The first-order valence-corrected chi connectivity index (χ1v) is 12.9. The van der Waals surface area contributed by atoms with Crippen LogP contribution in [0.3, 0.4) is 0 Å². The molecule has 0 aromatic carbocycles. The Hall–Kier alpha value is -0.138. The first kappa shape index (κ1) is 35.5. The van der Waals surface area contributed by atoms with Crippen LogP contribution in [-0.2, 0) is 9.59 Å². The summed E-state index contributed by atoms with van der Waals surface area (Å²) in [6, 6.07) is 0. The second-order valence-electron chi connectivity index (χ2n) is 8.61. The molecule has 0 fully saturated rings. The van der Waals surface area contributed by atoms with Crippen LogP contribution < -0.4 is 10.2 Å². The summed E-state index contributed by atoms with van der Waals surface area (Å²) in [6.07, 6.45) is 25.2. The van der Waals surface area contributed by atoms with Gasteiger partial charge in [0.05, 0.1) is 0 Å². The molecule has 31 heavy (non-hydrogen) atoms. The number of aliphatic carboxylic acids is 2. The summed E-state index contributed by atoms with van der Waals surface area (Å²) in [7, 11) is 0. The molecule has 0 heterocycles. The summed E-state index contributed by atoms with van der Waals surface area (Å²) in [5.41, 5.74) is 0. The molecule has 0 aromatic heterocycles. The second-order valence-corrected chi connectivity index (χ2v) is 8.61. The molecule has 0 rings (SSSR count). The number of unbranched alkanes of at least 4 members (excludes halogenated alkanes) is 18. The molecule has 182 valence electrons. The average Bonchev–Trinajstić information content (AvgIpc) is 2.71. The van der Waals surface area contributed by atoms with E-state index in [1.807, 2.05) is 0 Å². The molecule has 0 saturated carbocycles. The first-order valence-electron chi connectivity index (χ1n) is 12.9. The maximum absolute atomic E-state index is 10.1. The summed E-state index contributed by atoms with van der Waals surface area (Å²) >= 11 is 0. The third-order valence-corrected chi connectivity index (χ3v) is 5.47. The van der Waals surface area contributed by atoms with E-state index in [9.17, 15) is 19.8 Å². The van der Waals surface area contributed by atoms with Crippen LogP contribution in [0.5, 0.6) is 0 Å². The van der Waals surface area contributed by atoms with Gasteiger partial charge in [0.1, 0.15) is 0 Å². The summed E-state index contributed by atoms with van der Waals surface area (Å²) in [5.74, 6) is -1.82. The van der Waals surface area contributed by atoms with Crippen LogP contribution in [0.15, 0.2) is 0 Å². The van der Waals surface area contributed by atoms with E-state index in [4.69, 9.17) is 0 Å². The van der Waals surface area contributed by atoms with Gasteiger partial charge in [-0.15, -0.1) is 0 Å². The minimum atomic E-state index is -0.908. The molecule has 0 aliphatic carbocycles. The molecule has 0 unspecified atom stereocenters. The van der Waals surface area contributed by atoms with Crippen molar-refractivity contribution in [1.29, 1.82) is 0 Å². The van der Waals surface area contributed by atoms with Crippen molar-refractivity contribution in [2.75, 3.05) is 0 Å². The molecule has 2 radical (unpaired) electrons. The Morgan fingerprint density at radius 2 is 0.613 bits per heavy atom. The fourth-order valence-corrected chi connectivity index (χ4v) is 3.51. The first-order chi connectivity index (χ1) is 14.5. The van der Waals surface area contributed by atoms with Gasteiger partial charge < -0.3 is 19.8 Å². The number of hydrogen-bond acceptors (Lipinski definition) is 4. The molecule has 0 atom stereocenters. The van der Waals surface area contributed by atoms with Crippen molar-refractivity contribution in [1.82, 2.24) is 0 Å². The normalized spacial score (nSPS) is 10.1. The third kappa shape index (κ3) is 40.7. The van der Waals surface area contributed by atoms with E-state index in [1.54, 1.807) is 0 Å². The van der Waals surface area contributed by atoms with E-state index in [1.165, 1.54) is 103 Å².